The number of benzene rings is 1. The quantitative estimate of drug-likeness (QED) is 0.753. The molecule has 0 amide bonds. The Balaban J connectivity index is 2.37. The molecule has 0 spiro atoms. The summed E-state index contributed by atoms with van der Waals surface area (Å²) in [6, 6.07) is 5.99. The van der Waals surface area contributed by atoms with Crippen LogP contribution in [-0.2, 0) is 6.42 Å². The Morgan fingerprint density at radius 1 is 1.36 bits per heavy atom. The molecule has 2 rings (SSSR count). The lowest BCUT2D eigenvalue weighted by atomic mass is 9.94. The van der Waals surface area contributed by atoms with E-state index in [2.05, 4.69) is 12.1 Å². The third kappa shape index (κ3) is 1.70. The minimum Gasteiger partial charge on any atom is -0.322 e. The van der Waals surface area contributed by atoms with Gasteiger partial charge in [0.25, 0.3) is 0 Å². The molecule has 1 aromatic rings. The maximum absolute atomic E-state index is 6.06. The summed E-state index contributed by atoms with van der Waals surface area (Å²) in [5.41, 5.74) is 9.64. The summed E-state index contributed by atoms with van der Waals surface area (Å²) in [5.74, 6) is 0. The zero-order valence-corrected chi connectivity index (χ0v) is 9.23. The van der Waals surface area contributed by atoms with E-state index in [4.69, 9.17) is 17.3 Å². The fourth-order valence-corrected chi connectivity index (χ4v) is 1.92. The molecule has 14 heavy (non-hydrogen) atoms. The molecule has 2 N–H and O–H groups in total. The highest BCUT2D eigenvalue weighted by Crippen LogP contribution is 2.31. The molecule has 1 aliphatic rings. The average molecular weight is 208 g/mol. The van der Waals surface area contributed by atoms with E-state index >= 15 is 0 Å². The standard InChI is InChI=1S/C12H14ClN/c1-12(2,14)10-5-8-3-4-11(13)7-9(8)6-10/h3-5,7H,6,14H2,1-2H3. The van der Waals surface area contributed by atoms with Crippen LogP contribution in [0.25, 0.3) is 6.08 Å². The summed E-state index contributed by atoms with van der Waals surface area (Å²) < 4.78 is 0. The number of rotatable bonds is 1. The van der Waals surface area contributed by atoms with E-state index in [1.54, 1.807) is 0 Å². The minimum absolute atomic E-state index is 0.231. The normalized spacial score (nSPS) is 15.3. The van der Waals surface area contributed by atoms with Crippen molar-refractivity contribution in [3.05, 3.63) is 39.9 Å². The fraction of sp³-hybridized carbons (Fsp3) is 0.333. The molecule has 0 fully saturated rings. The number of nitrogens with two attached hydrogens (primary N) is 1. The molecule has 0 atom stereocenters. The third-order valence-electron chi connectivity index (χ3n) is 2.64. The van der Waals surface area contributed by atoms with Crippen molar-refractivity contribution in [2.45, 2.75) is 25.8 Å². The molecule has 1 aliphatic carbocycles. The monoisotopic (exact) mass is 207 g/mol. The molecule has 0 radical (unpaired) electrons. The fourth-order valence-electron chi connectivity index (χ4n) is 1.73. The van der Waals surface area contributed by atoms with Gasteiger partial charge < -0.3 is 5.73 Å². The number of fused-ring (bicyclic) bond motifs is 1. The third-order valence-corrected chi connectivity index (χ3v) is 2.88. The van der Waals surface area contributed by atoms with E-state index < -0.39 is 0 Å². The van der Waals surface area contributed by atoms with Crippen molar-refractivity contribution in [1.82, 2.24) is 0 Å². The topological polar surface area (TPSA) is 26.0 Å². The van der Waals surface area contributed by atoms with Gasteiger partial charge in [-0.25, -0.2) is 0 Å². The van der Waals surface area contributed by atoms with Crippen LogP contribution in [-0.4, -0.2) is 5.54 Å². The second kappa shape index (κ2) is 3.11. The van der Waals surface area contributed by atoms with E-state index in [0.717, 1.165) is 11.4 Å². The van der Waals surface area contributed by atoms with E-state index in [-0.39, 0.29) is 5.54 Å². The second-order valence-corrected chi connectivity index (χ2v) is 4.85. The van der Waals surface area contributed by atoms with Crippen LogP contribution in [0.5, 0.6) is 0 Å². The maximum Gasteiger partial charge on any atom is 0.0409 e. The van der Waals surface area contributed by atoms with Crippen molar-refractivity contribution in [1.29, 1.82) is 0 Å². The molecular formula is C12H14ClN. The predicted molar refractivity (Wildman–Crippen MR) is 61.4 cm³/mol. The molecule has 0 heterocycles. The smallest absolute Gasteiger partial charge is 0.0409 e. The van der Waals surface area contributed by atoms with Crippen molar-refractivity contribution >= 4 is 17.7 Å². The largest absolute Gasteiger partial charge is 0.322 e. The van der Waals surface area contributed by atoms with Crippen molar-refractivity contribution in [3.63, 3.8) is 0 Å². The van der Waals surface area contributed by atoms with Crippen molar-refractivity contribution in [2.24, 2.45) is 5.73 Å². The van der Waals surface area contributed by atoms with E-state index in [0.29, 0.717) is 0 Å². The zero-order valence-electron chi connectivity index (χ0n) is 8.47. The Kier molecular flexibility index (Phi) is 2.17. The van der Waals surface area contributed by atoms with Crippen LogP contribution in [0.3, 0.4) is 0 Å². The maximum atomic E-state index is 6.06. The highest BCUT2D eigenvalue weighted by molar-refractivity contribution is 6.30. The summed E-state index contributed by atoms with van der Waals surface area (Å²) in [6.07, 6.45) is 3.10. The molecule has 0 saturated heterocycles. The van der Waals surface area contributed by atoms with Crippen molar-refractivity contribution in [3.8, 4) is 0 Å². The average Bonchev–Trinajstić information content (AvgIpc) is 2.45. The van der Waals surface area contributed by atoms with Gasteiger partial charge in [0.1, 0.15) is 0 Å². The van der Waals surface area contributed by atoms with Crippen LogP contribution in [0, 0.1) is 0 Å². The summed E-state index contributed by atoms with van der Waals surface area (Å²) in [7, 11) is 0. The molecule has 2 heteroatoms. The molecule has 1 nitrogen and oxygen atoms in total. The highest BCUT2D eigenvalue weighted by Gasteiger charge is 2.23. The Morgan fingerprint density at radius 2 is 2.07 bits per heavy atom. The second-order valence-electron chi connectivity index (χ2n) is 4.41. The van der Waals surface area contributed by atoms with Crippen LogP contribution in [0.4, 0.5) is 0 Å². The Hall–Kier alpha value is -0.790. The summed E-state index contributed by atoms with van der Waals surface area (Å²) in [6.45, 7) is 4.07. The molecule has 0 saturated carbocycles. The molecule has 0 aromatic heterocycles. The molecule has 0 unspecified atom stereocenters. The summed E-state index contributed by atoms with van der Waals surface area (Å²) in [5, 5.41) is 0.799. The number of halogens is 1. The van der Waals surface area contributed by atoms with Crippen LogP contribution in [0.1, 0.15) is 25.0 Å². The zero-order chi connectivity index (χ0) is 10.3. The lowest BCUT2D eigenvalue weighted by Gasteiger charge is -2.20. The van der Waals surface area contributed by atoms with Crippen LogP contribution in [0.15, 0.2) is 23.8 Å². The van der Waals surface area contributed by atoms with E-state index in [1.807, 2.05) is 26.0 Å². The molecule has 1 aromatic carbocycles. The molecule has 0 bridgehead atoms. The van der Waals surface area contributed by atoms with E-state index in [1.165, 1.54) is 16.7 Å². The molecule has 0 aliphatic heterocycles. The Labute approximate surface area is 89.6 Å². The van der Waals surface area contributed by atoms with Crippen LogP contribution >= 0.6 is 11.6 Å². The Morgan fingerprint density at radius 3 is 2.71 bits per heavy atom. The summed E-state index contributed by atoms with van der Waals surface area (Å²) in [4.78, 5) is 0. The van der Waals surface area contributed by atoms with Crippen LogP contribution < -0.4 is 5.73 Å². The van der Waals surface area contributed by atoms with Gasteiger partial charge in [-0.2, -0.15) is 0 Å². The highest BCUT2D eigenvalue weighted by atomic mass is 35.5. The van der Waals surface area contributed by atoms with Gasteiger partial charge >= 0.3 is 0 Å². The Bertz CT molecular complexity index is 399. The van der Waals surface area contributed by atoms with Gasteiger partial charge in [-0.3, -0.25) is 0 Å². The predicted octanol–water partition coefficient (Wildman–Crippen LogP) is 3.02. The lowest BCUT2D eigenvalue weighted by molar-refractivity contribution is 0.604. The SMILES string of the molecule is CC(C)(N)C1=Cc2ccc(Cl)cc2C1. The van der Waals surface area contributed by atoms with Gasteiger partial charge in [-0.15, -0.1) is 0 Å². The first kappa shape index (κ1) is 9.75. The first-order valence-electron chi connectivity index (χ1n) is 4.75. The van der Waals surface area contributed by atoms with Crippen molar-refractivity contribution < 1.29 is 0 Å². The number of hydrogen-bond donors (Lipinski definition) is 1. The molecule has 74 valence electrons. The van der Waals surface area contributed by atoms with Gasteiger partial charge in [-0.1, -0.05) is 23.7 Å². The molecular weight excluding hydrogens is 194 g/mol. The van der Waals surface area contributed by atoms with Gasteiger partial charge in [0.15, 0.2) is 0 Å². The van der Waals surface area contributed by atoms with Crippen LogP contribution in [0.2, 0.25) is 5.02 Å². The van der Waals surface area contributed by atoms with Gasteiger partial charge in [0.05, 0.1) is 0 Å². The lowest BCUT2D eigenvalue weighted by Crippen LogP contribution is -2.34. The van der Waals surface area contributed by atoms with Gasteiger partial charge in [0.2, 0.25) is 0 Å². The summed E-state index contributed by atoms with van der Waals surface area (Å²) >= 11 is 5.93. The number of hydrogen-bond acceptors (Lipinski definition) is 1. The minimum atomic E-state index is -0.231. The van der Waals surface area contributed by atoms with Gasteiger partial charge in [-0.05, 0) is 49.1 Å². The first-order chi connectivity index (χ1) is 6.47. The van der Waals surface area contributed by atoms with E-state index in [9.17, 15) is 0 Å². The van der Waals surface area contributed by atoms with Gasteiger partial charge in [0, 0.05) is 10.6 Å². The van der Waals surface area contributed by atoms with Crippen molar-refractivity contribution in [2.75, 3.05) is 0 Å². The first-order valence-corrected chi connectivity index (χ1v) is 5.13.